The summed E-state index contributed by atoms with van der Waals surface area (Å²) in [5.41, 5.74) is 2.35. The first kappa shape index (κ1) is 25.4. The van der Waals surface area contributed by atoms with Crippen LogP contribution in [0.2, 0.25) is 0 Å². The standard InChI is InChI=1S/C24H33N3O4S/c1-5-19-13-15-21(16-14-19)27(32(4,30)31)18-23(28)26(17-20-11-9-8-10-12-20)22(6-2)24(29)25-7-3/h8-16,22H,5-7,17-18H2,1-4H3,(H,25,29)/t22-/m1/s1. The molecule has 0 bridgehead atoms. The average Bonchev–Trinajstić information content (AvgIpc) is 2.77. The summed E-state index contributed by atoms with van der Waals surface area (Å²) in [6.45, 7) is 5.94. The molecule has 174 valence electrons. The second kappa shape index (κ2) is 11.7. The van der Waals surface area contributed by atoms with Gasteiger partial charge in [-0.1, -0.05) is 56.3 Å². The zero-order valence-electron chi connectivity index (χ0n) is 19.2. The van der Waals surface area contributed by atoms with Crippen LogP contribution in [-0.4, -0.2) is 50.5 Å². The minimum Gasteiger partial charge on any atom is -0.355 e. The predicted octanol–water partition coefficient (Wildman–Crippen LogP) is 2.96. The van der Waals surface area contributed by atoms with Crippen LogP contribution in [0.25, 0.3) is 0 Å². The number of benzene rings is 2. The quantitative estimate of drug-likeness (QED) is 0.560. The summed E-state index contributed by atoms with van der Waals surface area (Å²) in [6, 6.07) is 15.8. The predicted molar refractivity (Wildman–Crippen MR) is 128 cm³/mol. The Morgan fingerprint density at radius 3 is 2.06 bits per heavy atom. The molecule has 2 aromatic carbocycles. The van der Waals surface area contributed by atoms with Crippen LogP contribution < -0.4 is 9.62 Å². The van der Waals surface area contributed by atoms with Gasteiger partial charge in [0, 0.05) is 13.1 Å². The highest BCUT2D eigenvalue weighted by molar-refractivity contribution is 7.92. The van der Waals surface area contributed by atoms with E-state index in [9.17, 15) is 18.0 Å². The lowest BCUT2D eigenvalue weighted by Gasteiger charge is -2.32. The molecule has 0 spiro atoms. The van der Waals surface area contributed by atoms with Gasteiger partial charge in [-0.3, -0.25) is 13.9 Å². The molecule has 0 heterocycles. The summed E-state index contributed by atoms with van der Waals surface area (Å²) in [7, 11) is -3.72. The molecule has 0 aliphatic rings. The Morgan fingerprint density at radius 2 is 1.56 bits per heavy atom. The second-order valence-electron chi connectivity index (χ2n) is 7.62. The molecule has 2 aromatic rings. The van der Waals surface area contributed by atoms with Gasteiger partial charge in [-0.05, 0) is 43.0 Å². The number of aryl methyl sites for hydroxylation is 1. The van der Waals surface area contributed by atoms with Gasteiger partial charge < -0.3 is 10.2 Å². The highest BCUT2D eigenvalue weighted by Gasteiger charge is 2.31. The molecule has 0 aromatic heterocycles. The molecule has 0 saturated carbocycles. The molecule has 0 unspecified atom stereocenters. The van der Waals surface area contributed by atoms with Gasteiger partial charge in [0.2, 0.25) is 21.8 Å². The van der Waals surface area contributed by atoms with Crippen molar-refractivity contribution in [1.29, 1.82) is 0 Å². The van der Waals surface area contributed by atoms with Gasteiger partial charge in [0.15, 0.2) is 0 Å². The van der Waals surface area contributed by atoms with Crippen molar-refractivity contribution in [3.8, 4) is 0 Å². The lowest BCUT2D eigenvalue weighted by molar-refractivity contribution is -0.140. The molecule has 1 N–H and O–H groups in total. The smallest absolute Gasteiger partial charge is 0.244 e. The van der Waals surface area contributed by atoms with Crippen LogP contribution in [0.1, 0.15) is 38.3 Å². The van der Waals surface area contributed by atoms with Gasteiger partial charge in [-0.2, -0.15) is 0 Å². The molecular formula is C24H33N3O4S. The number of likely N-dealkylation sites (N-methyl/N-ethyl adjacent to an activating group) is 1. The fourth-order valence-electron chi connectivity index (χ4n) is 3.50. The van der Waals surface area contributed by atoms with Crippen LogP contribution in [-0.2, 0) is 32.6 Å². The number of nitrogens with one attached hydrogen (secondary N) is 1. The molecule has 1 atom stereocenters. The van der Waals surface area contributed by atoms with Crippen molar-refractivity contribution in [3.63, 3.8) is 0 Å². The third-order valence-corrected chi connectivity index (χ3v) is 6.39. The number of anilines is 1. The summed E-state index contributed by atoms with van der Waals surface area (Å²) < 4.78 is 26.2. The maximum Gasteiger partial charge on any atom is 0.244 e. The van der Waals surface area contributed by atoms with Crippen molar-refractivity contribution in [2.24, 2.45) is 0 Å². The molecule has 0 fully saturated rings. The third-order valence-electron chi connectivity index (χ3n) is 5.24. The highest BCUT2D eigenvalue weighted by atomic mass is 32.2. The van der Waals surface area contributed by atoms with Gasteiger partial charge in [0.1, 0.15) is 12.6 Å². The second-order valence-corrected chi connectivity index (χ2v) is 9.52. The molecule has 0 aliphatic carbocycles. The molecule has 32 heavy (non-hydrogen) atoms. The molecular weight excluding hydrogens is 426 g/mol. The number of sulfonamides is 1. The van der Waals surface area contributed by atoms with E-state index in [1.807, 2.05) is 63.2 Å². The van der Waals surface area contributed by atoms with Gasteiger partial charge >= 0.3 is 0 Å². The number of nitrogens with zero attached hydrogens (tertiary/aromatic N) is 2. The number of carbonyl (C=O) groups is 2. The minimum atomic E-state index is -3.72. The van der Waals surface area contributed by atoms with Crippen molar-refractivity contribution >= 4 is 27.5 Å². The molecule has 0 radical (unpaired) electrons. The summed E-state index contributed by atoms with van der Waals surface area (Å²) in [4.78, 5) is 27.6. The summed E-state index contributed by atoms with van der Waals surface area (Å²) >= 11 is 0. The summed E-state index contributed by atoms with van der Waals surface area (Å²) in [5.74, 6) is -0.686. The van der Waals surface area contributed by atoms with Crippen molar-refractivity contribution in [2.75, 3.05) is 23.7 Å². The first-order chi connectivity index (χ1) is 15.2. The summed E-state index contributed by atoms with van der Waals surface area (Å²) in [6.07, 6.45) is 2.32. The molecule has 0 saturated heterocycles. The fraction of sp³-hybridized carbons (Fsp3) is 0.417. The van der Waals surface area contributed by atoms with E-state index in [0.717, 1.165) is 28.1 Å². The van der Waals surface area contributed by atoms with Crippen LogP contribution in [0.4, 0.5) is 5.69 Å². The normalized spacial score (nSPS) is 12.1. The Bertz CT molecular complexity index is 992. The van der Waals surface area contributed by atoms with E-state index in [1.54, 1.807) is 12.1 Å². The van der Waals surface area contributed by atoms with E-state index in [1.165, 1.54) is 4.90 Å². The van der Waals surface area contributed by atoms with E-state index in [2.05, 4.69) is 5.32 Å². The molecule has 0 aliphatic heterocycles. The zero-order chi connectivity index (χ0) is 23.7. The summed E-state index contributed by atoms with van der Waals surface area (Å²) in [5, 5.41) is 2.78. The van der Waals surface area contributed by atoms with Crippen molar-refractivity contribution in [1.82, 2.24) is 10.2 Å². The van der Waals surface area contributed by atoms with E-state index in [0.29, 0.717) is 18.7 Å². The van der Waals surface area contributed by atoms with Gasteiger partial charge in [-0.25, -0.2) is 8.42 Å². The molecule has 2 rings (SSSR count). The molecule has 2 amide bonds. The molecule has 8 heteroatoms. The number of rotatable bonds is 11. The number of amides is 2. The van der Waals surface area contributed by atoms with Crippen molar-refractivity contribution < 1.29 is 18.0 Å². The van der Waals surface area contributed by atoms with Crippen LogP contribution >= 0.6 is 0 Å². The van der Waals surface area contributed by atoms with Crippen molar-refractivity contribution in [3.05, 3.63) is 65.7 Å². The lowest BCUT2D eigenvalue weighted by atomic mass is 10.1. The first-order valence-electron chi connectivity index (χ1n) is 10.9. The lowest BCUT2D eigenvalue weighted by Crippen LogP contribution is -2.52. The van der Waals surface area contributed by atoms with Gasteiger partial charge in [0.05, 0.1) is 11.9 Å². The maximum atomic E-state index is 13.4. The van der Waals surface area contributed by atoms with E-state index in [4.69, 9.17) is 0 Å². The van der Waals surface area contributed by atoms with Gasteiger partial charge in [0.25, 0.3) is 0 Å². The van der Waals surface area contributed by atoms with Crippen LogP contribution in [0.3, 0.4) is 0 Å². The number of hydrogen-bond donors (Lipinski definition) is 1. The minimum absolute atomic E-state index is 0.210. The third kappa shape index (κ3) is 6.82. The largest absolute Gasteiger partial charge is 0.355 e. The Morgan fingerprint density at radius 1 is 0.938 bits per heavy atom. The SMILES string of the molecule is CCNC(=O)[C@@H](CC)N(Cc1ccccc1)C(=O)CN(c1ccc(CC)cc1)S(C)(=O)=O. The van der Waals surface area contributed by atoms with Crippen LogP contribution in [0.5, 0.6) is 0 Å². The highest BCUT2D eigenvalue weighted by Crippen LogP contribution is 2.20. The number of carbonyl (C=O) groups excluding carboxylic acids is 2. The van der Waals surface area contributed by atoms with E-state index < -0.39 is 22.0 Å². The number of hydrogen-bond acceptors (Lipinski definition) is 4. The Balaban J connectivity index is 2.39. The van der Waals surface area contributed by atoms with Crippen LogP contribution in [0, 0.1) is 0 Å². The van der Waals surface area contributed by atoms with E-state index in [-0.39, 0.29) is 19.0 Å². The maximum absolute atomic E-state index is 13.4. The van der Waals surface area contributed by atoms with Gasteiger partial charge in [-0.15, -0.1) is 0 Å². The fourth-order valence-corrected chi connectivity index (χ4v) is 4.35. The Labute approximate surface area is 191 Å². The average molecular weight is 460 g/mol. The first-order valence-corrected chi connectivity index (χ1v) is 12.7. The zero-order valence-corrected chi connectivity index (χ0v) is 20.1. The monoisotopic (exact) mass is 459 g/mol. The van der Waals surface area contributed by atoms with Crippen LogP contribution in [0.15, 0.2) is 54.6 Å². The Hall–Kier alpha value is -2.87. The molecule has 7 nitrogen and oxygen atoms in total. The topological polar surface area (TPSA) is 86.8 Å². The van der Waals surface area contributed by atoms with E-state index >= 15 is 0 Å². The van der Waals surface area contributed by atoms with Crippen molar-refractivity contribution in [2.45, 2.75) is 46.2 Å². The Kier molecular flexibility index (Phi) is 9.26.